The van der Waals surface area contributed by atoms with Gasteiger partial charge in [-0.1, -0.05) is 17.7 Å². The molecular formula is C17H16N2S. The number of fused-ring (bicyclic) bond motifs is 1. The van der Waals surface area contributed by atoms with Crippen LogP contribution >= 0.6 is 12.6 Å². The highest BCUT2D eigenvalue weighted by Gasteiger charge is 1.99. The molecule has 0 amide bonds. The Kier molecular flexibility index (Phi) is 4.49. The molecule has 3 aromatic rings. The van der Waals surface area contributed by atoms with Crippen molar-refractivity contribution < 1.29 is 0 Å². The second-order valence-electron chi connectivity index (χ2n) is 4.68. The summed E-state index contributed by atoms with van der Waals surface area (Å²) in [6.45, 7) is 4.09. The Balaban J connectivity index is 0.000000160. The van der Waals surface area contributed by atoms with Crippen molar-refractivity contribution in [3.05, 3.63) is 65.4 Å². The Bertz CT molecular complexity index is 728. The van der Waals surface area contributed by atoms with Gasteiger partial charge in [0.05, 0.1) is 11.6 Å². The number of nitrogens with zero attached hydrogens (tertiary/aromatic N) is 1. The van der Waals surface area contributed by atoms with Crippen molar-refractivity contribution in [3.63, 3.8) is 0 Å². The Morgan fingerprint density at radius 3 is 2.35 bits per heavy atom. The van der Waals surface area contributed by atoms with Gasteiger partial charge in [0.15, 0.2) is 0 Å². The van der Waals surface area contributed by atoms with Gasteiger partial charge in [0, 0.05) is 22.0 Å². The fourth-order valence-corrected chi connectivity index (χ4v) is 2.02. The predicted octanol–water partition coefficient (Wildman–Crippen LogP) is 4.63. The van der Waals surface area contributed by atoms with E-state index in [1.807, 2.05) is 55.6 Å². The van der Waals surface area contributed by atoms with Crippen LogP contribution in [0.25, 0.3) is 10.9 Å². The van der Waals surface area contributed by atoms with Crippen LogP contribution in [0.4, 0.5) is 0 Å². The number of aromatic nitrogens is 1. The zero-order valence-corrected chi connectivity index (χ0v) is 12.4. The smallest absolute Gasteiger partial charge is 0.0991 e. The quantitative estimate of drug-likeness (QED) is 0.579. The van der Waals surface area contributed by atoms with Gasteiger partial charge in [-0.3, -0.25) is 0 Å². The van der Waals surface area contributed by atoms with Crippen molar-refractivity contribution >= 4 is 23.5 Å². The monoisotopic (exact) mass is 280 g/mol. The molecule has 0 fully saturated rings. The largest absolute Gasteiger partial charge is 0.361 e. The number of nitriles is 1. The molecule has 2 nitrogen and oxygen atoms in total. The number of thiol groups is 1. The summed E-state index contributed by atoms with van der Waals surface area (Å²) in [5.41, 5.74) is 4.27. The van der Waals surface area contributed by atoms with E-state index in [1.54, 1.807) is 0 Å². The summed E-state index contributed by atoms with van der Waals surface area (Å²) in [4.78, 5) is 4.15. The molecule has 0 saturated carbocycles. The lowest BCUT2D eigenvalue weighted by Gasteiger charge is -1.91. The number of nitrogens with one attached hydrogen (secondary N) is 1. The average Bonchev–Trinajstić information content (AvgIpc) is 2.84. The van der Waals surface area contributed by atoms with Gasteiger partial charge in [-0.2, -0.15) is 5.26 Å². The number of hydrogen-bond donors (Lipinski definition) is 2. The number of rotatable bonds is 0. The number of H-pyrrole nitrogens is 1. The van der Waals surface area contributed by atoms with Crippen molar-refractivity contribution in [2.75, 3.05) is 0 Å². The van der Waals surface area contributed by atoms with Crippen molar-refractivity contribution in [2.45, 2.75) is 18.7 Å². The van der Waals surface area contributed by atoms with E-state index in [0.717, 1.165) is 15.8 Å². The Labute approximate surface area is 124 Å². The third-order valence-corrected chi connectivity index (χ3v) is 3.35. The van der Waals surface area contributed by atoms with Crippen LogP contribution in [0.1, 0.15) is 16.7 Å². The van der Waals surface area contributed by atoms with E-state index in [0.29, 0.717) is 5.56 Å². The van der Waals surface area contributed by atoms with Crippen molar-refractivity contribution in [2.24, 2.45) is 0 Å². The third-order valence-electron chi connectivity index (χ3n) is 3.05. The maximum atomic E-state index is 8.67. The van der Waals surface area contributed by atoms with E-state index in [9.17, 15) is 0 Å². The summed E-state index contributed by atoms with van der Waals surface area (Å²) < 4.78 is 0. The van der Waals surface area contributed by atoms with E-state index in [2.05, 4.69) is 30.6 Å². The van der Waals surface area contributed by atoms with E-state index < -0.39 is 0 Å². The standard InChI is InChI=1S/C10H8N2.C7H8S/c1-7-6-12-10-3-2-8(5-11)4-9(7)10;1-6-2-4-7(8)5-3-6/h2-4,6,12H,1H3;2-5,8H,1H3. The summed E-state index contributed by atoms with van der Waals surface area (Å²) in [6, 6.07) is 15.8. The zero-order chi connectivity index (χ0) is 14.5. The van der Waals surface area contributed by atoms with E-state index >= 15 is 0 Å². The predicted molar refractivity (Wildman–Crippen MR) is 86.2 cm³/mol. The molecule has 0 bridgehead atoms. The topological polar surface area (TPSA) is 39.6 Å². The van der Waals surface area contributed by atoms with Crippen molar-refractivity contribution in [1.29, 1.82) is 5.26 Å². The van der Waals surface area contributed by atoms with E-state index in [-0.39, 0.29) is 0 Å². The van der Waals surface area contributed by atoms with Crippen LogP contribution in [0.5, 0.6) is 0 Å². The normalized spacial score (nSPS) is 9.70. The lowest BCUT2D eigenvalue weighted by atomic mass is 10.1. The van der Waals surface area contributed by atoms with Crippen LogP contribution in [0, 0.1) is 25.2 Å². The molecule has 1 heterocycles. The summed E-state index contributed by atoms with van der Waals surface area (Å²) in [7, 11) is 0. The summed E-state index contributed by atoms with van der Waals surface area (Å²) in [5.74, 6) is 0. The molecule has 0 radical (unpaired) electrons. The molecule has 0 spiro atoms. The fourth-order valence-electron chi connectivity index (χ4n) is 1.87. The first-order chi connectivity index (χ1) is 9.60. The first-order valence-electron chi connectivity index (χ1n) is 6.33. The van der Waals surface area contributed by atoms with Gasteiger partial charge >= 0.3 is 0 Å². The van der Waals surface area contributed by atoms with Crippen LogP contribution in [0.2, 0.25) is 0 Å². The van der Waals surface area contributed by atoms with Gasteiger partial charge in [-0.25, -0.2) is 0 Å². The van der Waals surface area contributed by atoms with Crippen LogP contribution in [0.15, 0.2) is 53.6 Å². The number of aromatic amines is 1. The third kappa shape index (κ3) is 3.43. The molecule has 0 unspecified atom stereocenters. The molecule has 0 saturated heterocycles. The summed E-state index contributed by atoms with van der Waals surface area (Å²) >= 11 is 4.13. The summed E-state index contributed by atoms with van der Waals surface area (Å²) in [5, 5.41) is 9.80. The van der Waals surface area contributed by atoms with Gasteiger partial charge in [-0.05, 0) is 49.7 Å². The molecule has 3 rings (SSSR count). The highest BCUT2D eigenvalue weighted by atomic mass is 32.1. The minimum absolute atomic E-state index is 0.713. The highest BCUT2D eigenvalue weighted by molar-refractivity contribution is 7.80. The second kappa shape index (κ2) is 6.31. The molecule has 2 aromatic carbocycles. The van der Waals surface area contributed by atoms with Gasteiger partial charge in [0.2, 0.25) is 0 Å². The van der Waals surface area contributed by atoms with Gasteiger partial charge < -0.3 is 4.98 Å². The van der Waals surface area contributed by atoms with Crippen molar-refractivity contribution in [1.82, 2.24) is 4.98 Å². The molecular weight excluding hydrogens is 264 g/mol. The molecule has 1 aromatic heterocycles. The molecule has 0 aliphatic rings. The SMILES string of the molecule is Cc1c[nH]c2ccc(C#N)cc12.Cc1ccc(S)cc1. The first kappa shape index (κ1) is 14.2. The second-order valence-corrected chi connectivity index (χ2v) is 5.20. The first-order valence-corrected chi connectivity index (χ1v) is 6.78. The van der Waals surface area contributed by atoms with Crippen LogP contribution in [0.3, 0.4) is 0 Å². The lowest BCUT2D eigenvalue weighted by molar-refractivity contribution is 1.39. The van der Waals surface area contributed by atoms with E-state index in [1.165, 1.54) is 11.1 Å². The Morgan fingerprint density at radius 1 is 1.05 bits per heavy atom. The van der Waals surface area contributed by atoms with Crippen molar-refractivity contribution in [3.8, 4) is 6.07 Å². The van der Waals surface area contributed by atoms with Gasteiger partial charge in [0.1, 0.15) is 0 Å². The fraction of sp³-hybridized carbons (Fsp3) is 0.118. The van der Waals surface area contributed by atoms with Crippen LogP contribution in [-0.4, -0.2) is 4.98 Å². The van der Waals surface area contributed by atoms with Gasteiger partial charge in [0.25, 0.3) is 0 Å². The van der Waals surface area contributed by atoms with Gasteiger partial charge in [-0.15, -0.1) is 12.6 Å². The van der Waals surface area contributed by atoms with E-state index in [4.69, 9.17) is 5.26 Å². The lowest BCUT2D eigenvalue weighted by Crippen LogP contribution is -1.73. The molecule has 100 valence electrons. The van der Waals surface area contributed by atoms with Crippen LogP contribution in [-0.2, 0) is 0 Å². The maximum absolute atomic E-state index is 8.67. The maximum Gasteiger partial charge on any atom is 0.0991 e. The molecule has 20 heavy (non-hydrogen) atoms. The highest BCUT2D eigenvalue weighted by Crippen LogP contribution is 2.18. The zero-order valence-electron chi connectivity index (χ0n) is 11.5. The minimum Gasteiger partial charge on any atom is -0.361 e. The molecule has 3 heteroatoms. The molecule has 0 atom stereocenters. The average molecular weight is 280 g/mol. The molecule has 1 N–H and O–H groups in total. The minimum atomic E-state index is 0.713. The molecule has 0 aliphatic carbocycles. The summed E-state index contributed by atoms with van der Waals surface area (Å²) in [6.07, 6.45) is 1.95. The molecule has 0 aliphatic heterocycles. The Hall–Kier alpha value is -2.18. The van der Waals surface area contributed by atoms with Crippen LogP contribution < -0.4 is 0 Å². The number of aryl methyl sites for hydroxylation is 2. The Morgan fingerprint density at radius 2 is 1.75 bits per heavy atom. The number of benzene rings is 2. The number of hydrogen-bond acceptors (Lipinski definition) is 2.